The Morgan fingerprint density at radius 3 is 2.72 bits per heavy atom. The summed E-state index contributed by atoms with van der Waals surface area (Å²) in [5.74, 6) is 1.65. The predicted octanol–water partition coefficient (Wildman–Crippen LogP) is 2.16. The molecule has 98 valence electrons. The van der Waals surface area contributed by atoms with Crippen molar-refractivity contribution in [3.05, 3.63) is 23.8 Å². The van der Waals surface area contributed by atoms with Gasteiger partial charge in [0.2, 0.25) is 0 Å². The Morgan fingerprint density at radius 2 is 2.06 bits per heavy atom. The van der Waals surface area contributed by atoms with Gasteiger partial charge in [-0.15, -0.1) is 11.6 Å². The van der Waals surface area contributed by atoms with Crippen molar-refractivity contribution in [1.82, 2.24) is 4.90 Å². The van der Waals surface area contributed by atoms with Gasteiger partial charge >= 0.3 is 0 Å². The number of fused-ring (bicyclic) bond motifs is 1. The number of carbonyl (C=O) groups is 1. The van der Waals surface area contributed by atoms with E-state index in [0.717, 1.165) is 0 Å². The lowest BCUT2D eigenvalue weighted by Gasteiger charge is -2.24. The Morgan fingerprint density at radius 1 is 1.39 bits per heavy atom. The van der Waals surface area contributed by atoms with E-state index in [1.165, 1.54) is 0 Å². The van der Waals surface area contributed by atoms with Crippen molar-refractivity contribution < 1.29 is 14.3 Å². The molecule has 0 saturated carbocycles. The number of amides is 1. The molecule has 0 saturated heterocycles. The number of halogens is 1. The Bertz CT molecular complexity index is 450. The maximum atomic E-state index is 12.2. The molecule has 1 unspecified atom stereocenters. The second-order valence-corrected chi connectivity index (χ2v) is 4.59. The third kappa shape index (κ3) is 2.53. The van der Waals surface area contributed by atoms with Crippen LogP contribution in [0, 0.1) is 0 Å². The molecule has 1 atom stereocenters. The molecule has 4 nitrogen and oxygen atoms in total. The minimum atomic E-state index is -0.0693. The second-order valence-electron chi connectivity index (χ2n) is 4.28. The molecule has 0 fully saturated rings. The second kappa shape index (κ2) is 5.48. The molecule has 5 heteroatoms. The van der Waals surface area contributed by atoms with E-state index in [-0.39, 0.29) is 11.9 Å². The highest BCUT2D eigenvalue weighted by molar-refractivity contribution is 6.18. The van der Waals surface area contributed by atoms with Gasteiger partial charge in [-0.2, -0.15) is 0 Å². The molecule has 1 aliphatic heterocycles. The van der Waals surface area contributed by atoms with Crippen LogP contribution in [0.4, 0.5) is 0 Å². The van der Waals surface area contributed by atoms with Crippen LogP contribution >= 0.6 is 11.6 Å². The lowest BCUT2D eigenvalue weighted by molar-refractivity contribution is 0.0755. The van der Waals surface area contributed by atoms with Gasteiger partial charge in [-0.05, 0) is 25.1 Å². The number of rotatable bonds is 3. The van der Waals surface area contributed by atoms with Gasteiger partial charge in [-0.3, -0.25) is 4.79 Å². The van der Waals surface area contributed by atoms with Gasteiger partial charge in [-0.1, -0.05) is 0 Å². The van der Waals surface area contributed by atoms with E-state index in [4.69, 9.17) is 21.1 Å². The van der Waals surface area contributed by atoms with Gasteiger partial charge in [0.15, 0.2) is 11.5 Å². The quantitative estimate of drug-likeness (QED) is 0.790. The summed E-state index contributed by atoms with van der Waals surface area (Å²) in [6.45, 7) is 2.96. The Balaban J connectivity index is 2.20. The van der Waals surface area contributed by atoms with Crippen LogP contribution in [0.15, 0.2) is 18.2 Å². The number of benzene rings is 1. The third-order valence-electron chi connectivity index (χ3n) is 2.99. The molecule has 0 radical (unpaired) electrons. The van der Waals surface area contributed by atoms with E-state index >= 15 is 0 Å². The summed E-state index contributed by atoms with van der Waals surface area (Å²) in [5.41, 5.74) is 0.582. The average Bonchev–Trinajstić information content (AvgIpc) is 2.44. The summed E-state index contributed by atoms with van der Waals surface area (Å²) < 4.78 is 10.9. The molecule has 1 aromatic rings. The van der Waals surface area contributed by atoms with Crippen molar-refractivity contribution in [2.24, 2.45) is 0 Å². The molecule has 18 heavy (non-hydrogen) atoms. The Kier molecular flexibility index (Phi) is 3.97. The fraction of sp³-hybridized carbons (Fsp3) is 0.462. The molecular formula is C13H16ClNO3. The maximum Gasteiger partial charge on any atom is 0.254 e. The van der Waals surface area contributed by atoms with Crippen molar-refractivity contribution in [3.8, 4) is 11.5 Å². The van der Waals surface area contributed by atoms with Crippen LogP contribution in [0.1, 0.15) is 17.3 Å². The van der Waals surface area contributed by atoms with Crippen molar-refractivity contribution in [2.75, 3.05) is 26.1 Å². The summed E-state index contributed by atoms with van der Waals surface area (Å²) in [4.78, 5) is 13.8. The summed E-state index contributed by atoms with van der Waals surface area (Å²) in [7, 11) is 1.74. The molecule has 0 N–H and O–H groups in total. The lowest BCUT2D eigenvalue weighted by atomic mass is 10.1. The van der Waals surface area contributed by atoms with Gasteiger partial charge in [0.1, 0.15) is 13.2 Å². The molecule has 1 amide bonds. The zero-order valence-corrected chi connectivity index (χ0v) is 11.2. The van der Waals surface area contributed by atoms with Crippen LogP contribution in [0.3, 0.4) is 0 Å². The van der Waals surface area contributed by atoms with Crippen molar-refractivity contribution >= 4 is 17.5 Å². The zero-order valence-electron chi connectivity index (χ0n) is 10.5. The molecular weight excluding hydrogens is 254 g/mol. The van der Waals surface area contributed by atoms with Crippen LogP contribution < -0.4 is 9.47 Å². The molecule has 0 bridgehead atoms. The van der Waals surface area contributed by atoms with Crippen molar-refractivity contribution in [2.45, 2.75) is 13.0 Å². The summed E-state index contributed by atoms with van der Waals surface area (Å²) in [6.07, 6.45) is 0. The van der Waals surface area contributed by atoms with Gasteiger partial charge in [-0.25, -0.2) is 0 Å². The molecule has 0 aliphatic carbocycles. The fourth-order valence-corrected chi connectivity index (χ4v) is 1.89. The van der Waals surface area contributed by atoms with Crippen molar-refractivity contribution in [1.29, 1.82) is 0 Å². The number of nitrogens with zero attached hydrogens (tertiary/aromatic N) is 1. The minimum Gasteiger partial charge on any atom is -0.486 e. The van der Waals surface area contributed by atoms with Gasteiger partial charge in [0.05, 0.1) is 0 Å². The monoisotopic (exact) mass is 269 g/mol. The first-order valence-corrected chi connectivity index (χ1v) is 6.39. The summed E-state index contributed by atoms with van der Waals surface area (Å²) >= 11 is 5.76. The molecule has 1 heterocycles. The van der Waals surface area contributed by atoms with E-state index < -0.39 is 0 Å². The highest BCUT2D eigenvalue weighted by atomic mass is 35.5. The molecule has 1 aliphatic rings. The van der Waals surface area contributed by atoms with E-state index in [1.807, 2.05) is 6.92 Å². The SMILES string of the molecule is CC(CCl)N(C)C(=O)c1ccc2c(c1)OCCO2. The highest BCUT2D eigenvalue weighted by Crippen LogP contribution is 2.31. The van der Waals surface area contributed by atoms with Gasteiger partial charge in [0, 0.05) is 24.5 Å². The highest BCUT2D eigenvalue weighted by Gasteiger charge is 2.19. The molecule has 0 aromatic heterocycles. The van der Waals surface area contributed by atoms with E-state index in [0.29, 0.717) is 36.2 Å². The first-order chi connectivity index (χ1) is 8.63. The summed E-state index contributed by atoms with van der Waals surface area (Å²) in [6, 6.07) is 5.22. The van der Waals surface area contributed by atoms with Crippen LogP contribution in [-0.2, 0) is 0 Å². The summed E-state index contributed by atoms with van der Waals surface area (Å²) in [5, 5.41) is 0. The predicted molar refractivity (Wildman–Crippen MR) is 69.7 cm³/mol. The zero-order chi connectivity index (χ0) is 13.1. The van der Waals surface area contributed by atoms with E-state index in [9.17, 15) is 4.79 Å². The largest absolute Gasteiger partial charge is 0.486 e. The van der Waals surface area contributed by atoms with E-state index in [1.54, 1.807) is 30.1 Å². The van der Waals surface area contributed by atoms with Gasteiger partial charge in [0.25, 0.3) is 5.91 Å². The smallest absolute Gasteiger partial charge is 0.254 e. The van der Waals surface area contributed by atoms with Crippen LogP contribution in [0.25, 0.3) is 0 Å². The Labute approximate surface area is 111 Å². The molecule has 2 rings (SSSR count). The average molecular weight is 270 g/mol. The van der Waals surface area contributed by atoms with Crippen molar-refractivity contribution in [3.63, 3.8) is 0 Å². The Hall–Kier alpha value is -1.42. The van der Waals surface area contributed by atoms with Crippen LogP contribution in [0.5, 0.6) is 11.5 Å². The van der Waals surface area contributed by atoms with E-state index in [2.05, 4.69) is 0 Å². The first kappa shape index (κ1) is 13.0. The number of hydrogen-bond acceptors (Lipinski definition) is 3. The number of ether oxygens (including phenoxy) is 2. The van der Waals surface area contributed by atoms with Crippen LogP contribution in [0.2, 0.25) is 0 Å². The molecule has 1 aromatic carbocycles. The van der Waals surface area contributed by atoms with Gasteiger partial charge < -0.3 is 14.4 Å². The standard InChI is InChI=1S/C13H16ClNO3/c1-9(8-14)15(2)13(16)10-3-4-11-12(7-10)18-6-5-17-11/h3-4,7,9H,5-6,8H2,1-2H3. The minimum absolute atomic E-state index is 0.00707. The molecule has 0 spiro atoms. The number of hydrogen-bond donors (Lipinski definition) is 0. The maximum absolute atomic E-state index is 12.2. The third-order valence-corrected chi connectivity index (χ3v) is 3.44. The lowest BCUT2D eigenvalue weighted by Crippen LogP contribution is -2.36. The fourth-order valence-electron chi connectivity index (χ4n) is 1.68. The van der Waals surface area contributed by atoms with Crippen LogP contribution in [-0.4, -0.2) is 43.0 Å². The number of alkyl halides is 1. The first-order valence-electron chi connectivity index (χ1n) is 5.86. The topological polar surface area (TPSA) is 38.8 Å². The normalized spacial score (nSPS) is 15.1. The number of carbonyl (C=O) groups excluding carboxylic acids is 1.